The van der Waals surface area contributed by atoms with Gasteiger partial charge in [-0.15, -0.1) is 0 Å². The average molecular weight is 255 g/mol. The number of pyridine rings is 1. The second kappa shape index (κ2) is 5.02. The van der Waals surface area contributed by atoms with Gasteiger partial charge in [0, 0.05) is 18.0 Å². The van der Waals surface area contributed by atoms with Gasteiger partial charge in [-0.1, -0.05) is 18.2 Å². The van der Waals surface area contributed by atoms with Gasteiger partial charge < -0.3 is 9.84 Å². The van der Waals surface area contributed by atoms with E-state index in [0.29, 0.717) is 6.10 Å². The van der Waals surface area contributed by atoms with Crippen molar-refractivity contribution >= 4 is 0 Å². The van der Waals surface area contributed by atoms with Gasteiger partial charge >= 0.3 is 0 Å². The van der Waals surface area contributed by atoms with Crippen LogP contribution in [0.1, 0.15) is 35.6 Å². The molecule has 0 bridgehead atoms. The van der Waals surface area contributed by atoms with Crippen LogP contribution in [-0.2, 0) is 0 Å². The highest BCUT2D eigenvalue weighted by Gasteiger charge is 2.23. The van der Waals surface area contributed by atoms with Gasteiger partial charge in [-0.2, -0.15) is 0 Å². The molecule has 1 heterocycles. The molecule has 3 nitrogen and oxygen atoms in total. The molecule has 0 amide bonds. The molecule has 1 saturated carbocycles. The predicted molar refractivity (Wildman–Crippen MR) is 73.1 cm³/mol. The molecule has 2 aromatic rings. The quantitative estimate of drug-likeness (QED) is 0.913. The Morgan fingerprint density at radius 1 is 1.16 bits per heavy atom. The maximum atomic E-state index is 10.3. The summed E-state index contributed by atoms with van der Waals surface area (Å²) in [6, 6.07) is 9.60. The fourth-order valence-electron chi connectivity index (χ4n) is 2.03. The first-order valence-electron chi connectivity index (χ1n) is 6.58. The zero-order valence-corrected chi connectivity index (χ0v) is 10.9. The molecule has 1 aromatic carbocycles. The second-order valence-electron chi connectivity index (χ2n) is 5.08. The zero-order valence-electron chi connectivity index (χ0n) is 10.9. The van der Waals surface area contributed by atoms with E-state index in [0.717, 1.165) is 35.3 Å². The van der Waals surface area contributed by atoms with Crippen molar-refractivity contribution in [2.75, 3.05) is 0 Å². The lowest BCUT2D eigenvalue weighted by Crippen LogP contribution is -2.01. The molecular formula is C16H17NO2. The molecule has 0 spiro atoms. The summed E-state index contributed by atoms with van der Waals surface area (Å²) >= 11 is 0. The van der Waals surface area contributed by atoms with E-state index in [2.05, 4.69) is 4.98 Å². The van der Waals surface area contributed by atoms with Crippen molar-refractivity contribution in [3.05, 3.63) is 59.4 Å². The Bertz CT molecular complexity index is 561. The van der Waals surface area contributed by atoms with E-state index in [9.17, 15) is 5.11 Å². The SMILES string of the molecule is Cc1cncc(C(O)c2ccc(OC3CC3)cc2)c1. The van der Waals surface area contributed by atoms with Crippen LogP contribution >= 0.6 is 0 Å². The average Bonchev–Trinajstić information content (AvgIpc) is 3.23. The molecule has 1 aliphatic rings. The molecule has 1 fully saturated rings. The van der Waals surface area contributed by atoms with Crippen LogP contribution in [0.4, 0.5) is 0 Å². The summed E-state index contributed by atoms with van der Waals surface area (Å²) < 4.78 is 5.69. The third-order valence-corrected chi connectivity index (χ3v) is 3.23. The Balaban J connectivity index is 1.77. The highest BCUT2D eigenvalue weighted by molar-refractivity contribution is 5.34. The van der Waals surface area contributed by atoms with Crippen LogP contribution in [0.5, 0.6) is 5.75 Å². The number of aliphatic hydroxyl groups is 1. The number of rotatable bonds is 4. The topological polar surface area (TPSA) is 42.4 Å². The first-order chi connectivity index (χ1) is 9.22. The molecular weight excluding hydrogens is 238 g/mol. The van der Waals surface area contributed by atoms with E-state index < -0.39 is 6.10 Å². The van der Waals surface area contributed by atoms with Crippen LogP contribution in [0.2, 0.25) is 0 Å². The van der Waals surface area contributed by atoms with E-state index in [1.165, 1.54) is 0 Å². The van der Waals surface area contributed by atoms with Gasteiger partial charge in [-0.3, -0.25) is 4.98 Å². The molecule has 0 aliphatic heterocycles. The highest BCUT2D eigenvalue weighted by Crippen LogP contribution is 2.28. The molecule has 1 unspecified atom stereocenters. The zero-order chi connectivity index (χ0) is 13.2. The summed E-state index contributed by atoms with van der Waals surface area (Å²) in [7, 11) is 0. The monoisotopic (exact) mass is 255 g/mol. The Morgan fingerprint density at radius 3 is 2.53 bits per heavy atom. The van der Waals surface area contributed by atoms with Crippen LogP contribution in [0.15, 0.2) is 42.7 Å². The van der Waals surface area contributed by atoms with Crippen molar-refractivity contribution in [2.45, 2.75) is 32.0 Å². The van der Waals surface area contributed by atoms with Crippen LogP contribution in [-0.4, -0.2) is 16.2 Å². The normalized spacial score (nSPS) is 16.1. The van der Waals surface area contributed by atoms with E-state index in [1.807, 2.05) is 37.3 Å². The van der Waals surface area contributed by atoms with Gasteiger partial charge in [0.25, 0.3) is 0 Å². The van der Waals surface area contributed by atoms with Gasteiger partial charge in [0.1, 0.15) is 11.9 Å². The number of benzene rings is 1. The molecule has 0 saturated heterocycles. The minimum absolute atomic E-state index is 0.400. The number of aliphatic hydroxyl groups excluding tert-OH is 1. The predicted octanol–water partition coefficient (Wildman–Crippen LogP) is 3.01. The Labute approximate surface area is 112 Å². The van der Waals surface area contributed by atoms with Crippen LogP contribution in [0.3, 0.4) is 0 Å². The third-order valence-electron chi connectivity index (χ3n) is 3.23. The molecule has 3 heteroatoms. The summed E-state index contributed by atoms with van der Waals surface area (Å²) in [6.45, 7) is 1.97. The van der Waals surface area contributed by atoms with E-state index in [-0.39, 0.29) is 0 Å². The number of hydrogen-bond acceptors (Lipinski definition) is 3. The summed E-state index contributed by atoms with van der Waals surface area (Å²) in [5, 5.41) is 10.3. The van der Waals surface area contributed by atoms with Gasteiger partial charge in [-0.25, -0.2) is 0 Å². The Hall–Kier alpha value is -1.87. The summed E-state index contributed by atoms with van der Waals surface area (Å²) in [5.41, 5.74) is 2.72. The van der Waals surface area contributed by atoms with Crippen LogP contribution in [0, 0.1) is 6.92 Å². The lowest BCUT2D eigenvalue weighted by molar-refractivity contribution is 0.219. The Morgan fingerprint density at radius 2 is 1.89 bits per heavy atom. The fraction of sp³-hybridized carbons (Fsp3) is 0.312. The third kappa shape index (κ3) is 2.93. The maximum absolute atomic E-state index is 10.3. The molecule has 19 heavy (non-hydrogen) atoms. The lowest BCUT2D eigenvalue weighted by Gasteiger charge is -2.12. The number of hydrogen-bond donors (Lipinski definition) is 1. The number of aryl methyl sites for hydroxylation is 1. The van der Waals surface area contributed by atoms with Gasteiger partial charge in [-0.05, 0) is 43.0 Å². The minimum Gasteiger partial charge on any atom is -0.490 e. The summed E-state index contributed by atoms with van der Waals surface area (Å²) in [4.78, 5) is 4.11. The number of ether oxygens (including phenoxy) is 1. The van der Waals surface area contributed by atoms with Crippen molar-refractivity contribution in [2.24, 2.45) is 0 Å². The van der Waals surface area contributed by atoms with E-state index in [4.69, 9.17) is 4.74 Å². The smallest absolute Gasteiger partial charge is 0.119 e. The first kappa shape index (κ1) is 12.2. The van der Waals surface area contributed by atoms with Crippen molar-refractivity contribution in [3.63, 3.8) is 0 Å². The summed E-state index contributed by atoms with van der Waals surface area (Å²) in [6.07, 6.45) is 5.55. The number of aromatic nitrogens is 1. The maximum Gasteiger partial charge on any atom is 0.119 e. The molecule has 1 aromatic heterocycles. The van der Waals surface area contributed by atoms with Crippen molar-refractivity contribution < 1.29 is 9.84 Å². The Kier molecular flexibility index (Phi) is 3.22. The highest BCUT2D eigenvalue weighted by atomic mass is 16.5. The molecule has 1 atom stereocenters. The molecule has 1 N–H and O–H groups in total. The summed E-state index contributed by atoms with van der Waals surface area (Å²) in [5.74, 6) is 0.876. The largest absolute Gasteiger partial charge is 0.490 e. The van der Waals surface area contributed by atoms with Crippen molar-refractivity contribution in [1.82, 2.24) is 4.98 Å². The van der Waals surface area contributed by atoms with Gasteiger partial charge in [0.2, 0.25) is 0 Å². The van der Waals surface area contributed by atoms with Crippen LogP contribution in [0.25, 0.3) is 0 Å². The number of nitrogens with zero attached hydrogens (tertiary/aromatic N) is 1. The molecule has 3 rings (SSSR count). The second-order valence-corrected chi connectivity index (χ2v) is 5.08. The van der Waals surface area contributed by atoms with Gasteiger partial charge in [0.15, 0.2) is 0 Å². The van der Waals surface area contributed by atoms with E-state index in [1.54, 1.807) is 12.4 Å². The fourth-order valence-corrected chi connectivity index (χ4v) is 2.03. The molecule has 0 radical (unpaired) electrons. The molecule has 98 valence electrons. The minimum atomic E-state index is -0.637. The van der Waals surface area contributed by atoms with Gasteiger partial charge in [0.05, 0.1) is 6.10 Å². The molecule has 1 aliphatic carbocycles. The van der Waals surface area contributed by atoms with Crippen molar-refractivity contribution in [1.29, 1.82) is 0 Å². The first-order valence-corrected chi connectivity index (χ1v) is 6.58. The van der Waals surface area contributed by atoms with Crippen LogP contribution < -0.4 is 4.74 Å². The standard InChI is InChI=1S/C16H17NO2/c1-11-8-13(10-17-9-11)16(18)12-2-4-14(5-3-12)19-15-6-7-15/h2-5,8-10,15-16,18H,6-7H2,1H3. The van der Waals surface area contributed by atoms with Crippen molar-refractivity contribution in [3.8, 4) is 5.75 Å². The lowest BCUT2D eigenvalue weighted by atomic mass is 10.0. The van der Waals surface area contributed by atoms with E-state index >= 15 is 0 Å².